The minimum absolute atomic E-state index is 0.137. The summed E-state index contributed by atoms with van der Waals surface area (Å²) in [6.07, 6.45) is 5.38. The Balaban J connectivity index is 0.000000141. The summed E-state index contributed by atoms with van der Waals surface area (Å²) in [6, 6.07) is 16.7. The maximum absolute atomic E-state index is 10.0. The molecular formula is C16H17NO2. The normalized spacial score (nSPS) is 12.8. The molecular weight excluding hydrogens is 238 g/mol. The van der Waals surface area contributed by atoms with E-state index < -0.39 is 4.92 Å². The summed E-state index contributed by atoms with van der Waals surface area (Å²) in [7, 11) is 0. The number of fused-ring (bicyclic) bond motifs is 1. The second-order valence-corrected chi connectivity index (χ2v) is 4.57. The van der Waals surface area contributed by atoms with Gasteiger partial charge in [0, 0.05) is 12.1 Å². The van der Waals surface area contributed by atoms with Crippen LogP contribution in [0.1, 0.15) is 24.0 Å². The Hall–Kier alpha value is -2.16. The topological polar surface area (TPSA) is 43.1 Å². The summed E-state index contributed by atoms with van der Waals surface area (Å²) in [5.74, 6) is 0. The molecule has 2 aromatic rings. The summed E-state index contributed by atoms with van der Waals surface area (Å²) in [5.41, 5.74) is 3.29. The number of benzene rings is 2. The van der Waals surface area contributed by atoms with Crippen molar-refractivity contribution in [1.29, 1.82) is 0 Å². The Morgan fingerprint density at radius 3 is 1.68 bits per heavy atom. The highest BCUT2D eigenvalue weighted by Crippen LogP contribution is 2.19. The molecule has 0 amide bonds. The molecule has 0 bridgehead atoms. The Labute approximate surface area is 113 Å². The first-order valence-electron chi connectivity index (χ1n) is 6.53. The average Bonchev–Trinajstić information content (AvgIpc) is 2.49. The molecule has 0 fully saturated rings. The summed E-state index contributed by atoms with van der Waals surface area (Å²) in [5, 5.41) is 10.0. The largest absolute Gasteiger partial charge is 0.269 e. The van der Waals surface area contributed by atoms with Crippen molar-refractivity contribution < 1.29 is 4.92 Å². The molecule has 0 heterocycles. The molecule has 0 aliphatic heterocycles. The quantitative estimate of drug-likeness (QED) is 0.567. The zero-order valence-corrected chi connectivity index (χ0v) is 10.8. The maximum Gasteiger partial charge on any atom is 0.269 e. The Kier molecular flexibility index (Phi) is 4.67. The number of non-ortho nitro benzene ring substituents is 1. The molecule has 0 unspecified atom stereocenters. The number of nitrogens with zero attached hydrogens (tertiary/aromatic N) is 1. The van der Waals surface area contributed by atoms with Gasteiger partial charge in [-0.3, -0.25) is 10.1 Å². The molecule has 1 aliphatic carbocycles. The minimum Gasteiger partial charge on any atom is -0.258 e. The smallest absolute Gasteiger partial charge is 0.258 e. The number of rotatable bonds is 1. The highest BCUT2D eigenvalue weighted by Gasteiger charge is 2.06. The van der Waals surface area contributed by atoms with Crippen molar-refractivity contribution in [2.45, 2.75) is 25.7 Å². The molecule has 19 heavy (non-hydrogen) atoms. The van der Waals surface area contributed by atoms with E-state index in [0.717, 1.165) is 0 Å². The molecule has 0 N–H and O–H groups in total. The number of nitro benzene ring substituents is 1. The van der Waals surface area contributed by atoms with Crippen LogP contribution in [0.3, 0.4) is 0 Å². The van der Waals surface area contributed by atoms with Crippen molar-refractivity contribution in [2.75, 3.05) is 0 Å². The van der Waals surface area contributed by atoms with E-state index in [9.17, 15) is 10.1 Å². The third kappa shape index (κ3) is 3.91. The van der Waals surface area contributed by atoms with Crippen molar-refractivity contribution in [3.8, 4) is 0 Å². The lowest BCUT2D eigenvalue weighted by Crippen LogP contribution is -2.00. The van der Waals surface area contributed by atoms with E-state index in [1.807, 2.05) is 0 Å². The number of nitro groups is 1. The van der Waals surface area contributed by atoms with Gasteiger partial charge in [0.15, 0.2) is 0 Å². The lowest BCUT2D eigenvalue weighted by molar-refractivity contribution is -0.384. The molecule has 1 aliphatic rings. The van der Waals surface area contributed by atoms with Crippen LogP contribution in [0.15, 0.2) is 54.6 Å². The van der Waals surface area contributed by atoms with Gasteiger partial charge in [-0.1, -0.05) is 42.5 Å². The molecule has 3 rings (SSSR count). The van der Waals surface area contributed by atoms with E-state index in [1.54, 1.807) is 29.3 Å². The molecule has 98 valence electrons. The molecule has 0 spiro atoms. The maximum atomic E-state index is 10.0. The molecule has 0 radical (unpaired) electrons. The second-order valence-electron chi connectivity index (χ2n) is 4.57. The molecule has 0 aromatic heterocycles. The van der Waals surface area contributed by atoms with Crippen LogP contribution < -0.4 is 0 Å². The van der Waals surface area contributed by atoms with E-state index in [4.69, 9.17) is 0 Å². The van der Waals surface area contributed by atoms with Gasteiger partial charge < -0.3 is 0 Å². The third-order valence-electron chi connectivity index (χ3n) is 3.23. The fourth-order valence-corrected chi connectivity index (χ4v) is 2.23. The van der Waals surface area contributed by atoms with Crippen molar-refractivity contribution >= 4 is 5.69 Å². The van der Waals surface area contributed by atoms with Crippen LogP contribution in [0, 0.1) is 10.1 Å². The predicted octanol–water partition coefficient (Wildman–Crippen LogP) is 4.16. The number of para-hydroxylation sites is 1. The third-order valence-corrected chi connectivity index (χ3v) is 3.23. The lowest BCUT2D eigenvalue weighted by Gasteiger charge is -2.13. The van der Waals surface area contributed by atoms with Crippen LogP contribution in [0.5, 0.6) is 0 Å². The Morgan fingerprint density at radius 2 is 1.26 bits per heavy atom. The Morgan fingerprint density at radius 1 is 0.789 bits per heavy atom. The number of hydrogen-bond donors (Lipinski definition) is 0. The van der Waals surface area contributed by atoms with E-state index in [2.05, 4.69) is 24.3 Å². The van der Waals surface area contributed by atoms with Gasteiger partial charge in [0.1, 0.15) is 0 Å². The van der Waals surface area contributed by atoms with E-state index in [0.29, 0.717) is 0 Å². The van der Waals surface area contributed by atoms with Gasteiger partial charge in [0.2, 0.25) is 0 Å². The first-order chi connectivity index (χ1) is 9.27. The van der Waals surface area contributed by atoms with Gasteiger partial charge in [0.25, 0.3) is 5.69 Å². The second kappa shape index (κ2) is 6.69. The van der Waals surface area contributed by atoms with Crippen molar-refractivity contribution in [1.82, 2.24) is 0 Å². The van der Waals surface area contributed by atoms with Crippen LogP contribution in [-0.4, -0.2) is 4.92 Å². The van der Waals surface area contributed by atoms with Gasteiger partial charge in [-0.15, -0.1) is 0 Å². The predicted molar refractivity (Wildman–Crippen MR) is 76.2 cm³/mol. The first-order valence-corrected chi connectivity index (χ1v) is 6.53. The van der Waals surface area contributed by atoms with Crippen molar-refractivity contribution in [3.05, 3.63) is 75.8 Å². The summed E-state index contributed by atoms with van der Waals surface area (Å²) < 4.78 is 0. The van der Waals surface area contributed by atoms with Crippen LogP contribution in [0.25, 0.3) is 0 Å². The summed E-state index contributed by atoms with van der Waals surface area (Å²) in [4.78, 5) is 9.59. The van der Waals surface area contributed by atoms with Crippen LogP contribution >= 0.6 is 0 Å². The standard InChI is InChI=1S/C10H12.C6H5NO2/c1-2-6-10-8-4-3-7-9(10)5-1;8-7(9)6-4-2-1-3-5-6/h1-2,5-6H,3-4,7-8H2;1-5H. The molecule has 0 saturated heterocycles. The van der Waals surface area contributed by atoms with E-state index in [-0.39, 0.29) is 5.69 Å². The van der Waals surface area contributed by atoms with E-state index in [1.165, 1.54) is 37.8 Å². The zero-order valence-electron chi connectivity index (χ0n) is 10.8. The average molecular weight is 255 g/mol. The van der Waals surface area contributed by atoms with Crippen LogP contribution in [-0.2, 0) is 12.8 Å². The molecule has 3 nitrogen and oxygen atoms in total. The molecule has 2 aromatic carbocycles. The van der Waals surface area contributed by atoms with Crippen LogP contribution in [0.2, 0.25) is 0 Å². The molecule has 3 heteroatoms. The van der Waals surface area contributed by atoms with Gasteiger partial charge in [-0.05, 0) is 36.8 Å². The fraction of sp³-hybridized carbons (Fsp3) is 0.250. The Bertz CT molecular complexity index is 512. The summed E-state index contributed by atoms with van der Waals surface area (Å²) in [6.45, 7) is 0. The highest BCUT2D eigenvalue weighted by molar-refractivity contribution is 5.29. The van der Waals surface area contributed by atoms with Gasteiger partial charge >= 0.3 is 0 Å². The fourth-order valence-electron chi connectivity index (χ4n) is 2.23. The lowest BCUT2D eigenvalue weighted by atomic mass is 9.92. The summed E-state index contributed by atoms with van der Waals surface area (Å²) >= 11 is 0. The minimum atomic E-state index is -0.417. The molecule has 0 saturated carbocycles. The van der Waals surface area contributed by atoms with Crippen LogP contribution in [0.4, 0.5) is 5.69 Å². The van der Waals surface area contributed by atoms with Gasteiger partial charge in [-0.2, -0.15) is 0 Å². The first kappa shape index (κ1) is 13.3. The number of hydrogen-bond acceptors (Lipinski definition) is 2. The number of aryl methyl sites for hydroxylation is 2. The SMILES string of the molecule is O=[N+]([O-])c1ccccc1.c1ccc2c(c1)CCCC2. The van der Waals surface area contributed by atoms with Crippen molar-refractivity contribution in [2.24, 2.45) is 0 Å². The highest BCUT2D eigenvalue weighted by atomic mass is 16.6. The van der Waals surface area contributed by atoms with E-state index >= 15 is 0 Å². The van der Waals surface area contributed by atoms with Gasteiger partial charge in [0.05, 0.1) is 4.92 Å². The van der Waals surface area contributed by atoms with Gasteiger partial charge in [-0.25, -0.2) is 0 Å². The monoisotopic (exact) mass is 255 g/mol. The zero-order chi connectivity index (χ0) is 13.5. The molecule has 0 atom stereocenters. The van der Waals surface area contributed by atoms with Crippen molar-refractivity contribution in [3.63, 3.8) is 0 Å².